The van der Waals surface area contributed by atoms with Gasteiger partial charge in [0, 0.05) is 17.3 Å². The summed E-state index contributed by atoms with van der Waals surface area (Å²) < 4.78 is 1.84. The summed E-state index contributed by atoms with van der Waals surface area (Å²) in [5.41, 5.74) is 7.60. The van der Waals surface area contributed by atoms with E-state index in [-0.39, 0.29) is 23.8 Å². The maximum atomic E-state index is 12.2. The van der Waals surface area contributed by atoms with Crippen molar-refractivity contribution in [1.82, 2.24) is 15.4 Å². The van der Waals surface area contributed by atoms with E-state index in [4.69, 9.17) is 0 Å². The highest BCUT2D eigenvalue weighted by atomic mass is 16.2. The Balaban J connectivity index is 1.58. The average Bonchev–Trinajstić information content (AvgIpc) is 3.02. The van der Waals surface area contributed by atoms with Crippen LogP contribution in [0.4, 0.5) is 0 Å². The first-order chi connectivity index (χ1) is 12.3. The molecular weight excluding hydrogens is 326 g/mol. The van der Waals surface area contributed by atoms with Crippen molar-refractivity contribution in [1.29, 1.82) is 0 Å². The van der Waals surface area contributed by atoms with Crippen LogP contribution in [-0.2, 0) is 16.8 Å². The first-order valence-corrected chi connectivity index (χ1v) is 8.58. The molecule has 0 unspecified atom stereocenters. The molecule has 0 bridgehead atoms. The van der Waals surface area contributed by atoms with Gasteiger partial charge in [0.05, 0.1) is 0 Å². The van der Waals surface area contributed by atoms with Crippen molar-refractivity contribution in [3.63, 3.8) is 0 Å². The van der Waals surface area contributed by atoms with Gasteiger partial charge in [0.15, 0.2) is 0 Å². The lowest BCUT2D eigenvalue weighted by Gasteiger charge is -2.19. The summed E-state index contributed by atoms with van der Waals surface area (Å²) in [5.74, 6) is -0.623. The molecule has 5 nitrogen and oxygen atoms in total. The van der Waals surface area contributed by atoms with Gasteiger partial charge in [-0.25, -0.2) is 0 Å². The number of carbonyl (C=O) groups excluding carboxylic acids is 2. The van der Waals surface area contributed by atoms with Crippen LogP contribution in [0, 0.1) is 0 Å². The monoisotopic (exact) mass is 349 g/mol. The standard InChI is InChI=1S/C21H23N3O2/c1-21(2,3)17-10-8-16(9-11-17)20(26)23-22-19(25)14-24-13-12-15-6-4-5-7-18(15)24/h4-13H,14H2,1-3H3,(H,22,25)(H,23,26). The maximum Gasteiger partial charge on any atom is 0.269 e. The number of benzene rings is 2. The van der Waals surface area contributed by atoms with Crippen molar-refractivity contribution < 1.29 is 9.59 Å². The predicted octanol–water partition coefficient (Wildman–Crippen LogP) is 3.40. The Morgan fingerprint density at radius 2 is 1.62 bits per heavy atom. The molecule has 0 atom stereocenters. The normalized spacial score (nSPS) is 11.3. The lowest BCUT2D eigenvalue weighted by atomic mass is 9.87. The van der Waals surface area contributed by atoms with Crippen molar-refractivity contribution in [2.45, 2.75) is 32.7 Å². The Labute approximate surface area is 153 Å². The topological polar surface area (TPSA) is 63.1 Å². The Hall–Kier alpha value is -3.08. The molecule has 0 aliphatic heterocycles. The summed E-state index contributed by atoms with van der Waals surface area (Å²) in [6.45, 7) is 6.49. The smallest absolute Gasteiger partial charge is 0.269 e. The SMILES string of the molecule is CC(C)(C)c1ccc(C(=O)NNC(=O)Cn2ccc3ccccc32)cc1. The maximum absolute atomic E-state index is 12.2. The molecular formula is C21H23N3O2. The molecule has 0 radical (unpaired) electrons. The highest BCUT2D eigenvalue weighted by Crippen LogP contribution is 2.22. The van der Waals surface area contributed by atoms with Gasteiger partial charge in [-0.3, -0.25) is 20.4 Å². The summed E-state index contributed by atoms with van der Waals surface area (Å²) in [6, 6.07) is 17.2. The van der Waals surface area contributed by atoms with E-state index in [0.29, 0.717) is 5.56 Å². The fourth-order valence-corrected chi connectivity index (χ4v) is 2.79. The Morgan fingerprint density at radius 1 is 0.923 bits per heavy atom. The van der Waals surface area contributed by atoms with Crippen LogP contribution in [0.1, 0.15) is 36.7 Å². The molecule has 0 fully saturated rings. The highest BCUT2D eigenvalue weighted by molar-refractivity contribution is 5.95. The van der Waals surface area contributed by atoms with E-state index in [9.17, 15) is 9.59 Å². The fraction of sp³-hybridized carbons (Fsp3) is 0.238. The quantitative estimate of drug-likeness (QED) is 0.712. The summed E-state index contributed by atoms with van der Waals surface area (Å²) in [7, 11) is 0. The number of rotatable bonds is 3. The van der Waals surface area contributed by atoms with Crippen LogP contribution >= 0.6 is 0 Å². The van der Waals surface area contributed by atoms with E-state index < -0.39 is 0 Å². The van der Waals surface area contributed by atoms with Crippen molar-refractivity contribution >= 4 is 22.7 Å². The summed E-state index contributed by atoms with van der Waals surface area (Å²) >= 11 is 0. The highest BCUT2D eigenvalue weighted by Gasteiger charge is 2.14. The van der Waals surface area contributed by atoms with Gasteiger partial charge in [-0.1, -0.05) is 51.1 Å². The van der Waals surface area contributed by atoms with Crippen LogP contribution in [0.3, 0.4) is 0 Å². The van der Waals surface area contributed by atoms with E-state index in [2.05, 4.69) is 31.6 Å². The van der Waals surface area contributed by atoms with Crippen LogP contribution in [0.5, 0.6) is 0 Å². The second-order valence-electron chi connectivity index (χ2n) is 7.33. The molecule has 0 saturated carbocycles. The molecule has 5 heteroatoms. The van der Waals surface area contributed by atoms with Crippen LogP contribution in [0.2, 0.25) is 0 Å². The first kappa shape index (κ1) is 17.7. The molecule has 0 spiro atoms. The number of carbonyl (C=O) groups is 2. The molecule has 0 aliphatic rings. The van der Waals surface area contributed by atoms with Crippen molar-refractivity contribution in [2.24, 2.45) is 0 Å². The van der Waals surface area contributed by atoms with Gasteiger partial charge in [-0.05, 0) is 40.6 Å². The largest absolute Gasteiger partial charge is 0.338 e. The molecule has 0 saturated heterocycles. The number of amides is 2. The van der Waals surface area contributed by atoms with Gasteiger partial charge in [0.1, 0.15) is 6.54 Å². The molecule has 2 amide bonds. The summed E-state index contributed by atoms with van der Waals surface area (Å²) in [6.07, 6.45) is 1.86. The first-order valence-electron chi connectivity index (χ1n) is 8.58. The van der Waals surface area contributed by atoms with E-state index in [1.807, 2.05) is 53.2 Å². The Morgan fingerprint density at radius 3 is 2.31 bits per heavy atom. The number of hydrogen-bond acceptors (Lipinski definition) is 2. The van der Waals surface area contributed by atoms with Crippen LogP contribution in [-0.4, -0.2) is 16.4 Å². The van der Waals surface area contributed by atoms with E-state index >= 15 is 0 Å². The molecule has 3 rings (SSSR count). The lowest BCUT2D eigenvalue weighted by Crippen LogP contribution is -2.43. The Bertz CT molecular complexity index is 934. The number of hydrazine groups is 1. The van der Waals surface area contributed by atoms with Gasteiger partial charge in [0.25, 0.3) is 11.8 Å². The zero-order valence-corrected chi connectivity index (χ0v) is 15.2. The fourth-order valence-electron chi connectivity index (χ4n) is 2.79. The Kier molecular flexibility index (Phi) is 4.80. The molecule has 0 aliphatic carbocycles. The third kappa shape index (κ3) is 3.94. The average molecular weight is 349 g/mol. The minimum atomic E-state index is -0.337. The molecule has 2 aromatic carbocycles. The molecule has 134 valence electrons. The predicted molar refractivity (Wildman–Crippen MR) is 103 cm³/mol. The van der Waals surface area contributed by atoms with E-state index in [1.165, 1.54) is 0 Å². The number of aromatic nitrogens is 1. The van der Waals surface area contributed by atoms with Gasteiger partial charge in [-0.15, -0.1) is 0 Å². The van der Waals surface area contributed by atoms with E-state index in [1.54, 1.807) is 12.1 Å². The van der Waals surface area contributed by atoms with Crippen molar-refractivity contribution in [3.05, 3.63) is 71.9 Å². The minimum Gasteiger partial charge on any atom is -0.338 e. The van der Waals surface area contributed by atoms with Gasteiger partial charge >= 0.3 is 0 Å². The van der Waals surface area contributed by atoms with Crippen LogP contribution < -0.4 is 10.9 Å². The molecule has 26 heavy (non-hydrogen) atoms. The molecule has 1 heterocycles. The third-order valence-corrected chi connectivity index (χ3v) is 4.32. The van der Waals surface area contributed by atoms with Gasteiger partial charge in [-0.2, -0.15) is 0 Å². The lowest BCUT2D eigenvalue weighted by molar-refractivity contribution is -0.122. The molecule has 1 aromatic heterocycles. The third-order valence-electron chi connectivity index (χ3n) is 4.32. The van der Waals surface area contributed by atoms with Crippen LogP contribution in [0.25, 0.3) is 10.9 Å². The summed E-state index contributed by atoms with van der Waals surface area (Å²) in [4.78, 5) is 24.3. The number of nitrogens with one attached hydrogen (secondary N) is 2. The van der Waals surface area contributed by atoms with Gasteiger partial charge in [0.2, 0.25) is 0 Å². The zero-order valence-electron chi connectivity index (χ0n) is 15.2. The zero-order chi connectivity index (χ0) is 18.7. The number of nitrogens with zero attached hydrogens (tertiary/aromatic N) is 1. The van der Waals surface area contributed by atoms with Crippen LogP contribution in [0.15, 0.2) is 60.8 Å². The number of fused-ring (bicyclic) bond motifs is 1. The molecule has 2 N–H and O–H groups in total. The second-order valence-corrected chi connectivity index (χ2v) is 7.33. The number of para-hydroxylation sites is 1. The van der Waals surface area contributed by atoms with Crippen molar-refractivity contribution in [2.75, 3.05) is 0 Å². The second kappa shape index (κ2) is 7.04. The minimum absolute atomic E-state index is 0.0305. The summed E-state index contributed by atoms with van der Waals surface area (Å²) in [5, 5.41) is 1.07. The van der Waals surface area contributed by atoms with Crippen molar-refractivity contribution in [3.8, 4) is 0 Å². The van der Waals surface area contributed by atoms with Gasteiger partial charge < -0.3 is 4.57 Å². The number of hydrogen-bond donors (Lipinski definition) is 2. The van der Waals surface area contributed by atoms with E-state index in [0.717, 1.165) is 16.5 Å². The molecule has 3 aromatic rings.